The quantitative estimate of drug-likeness (QED) is 0.636. The Morgan fingerprint density at radius 3 is 2.36 bits per heavy atom. The summed E-state index contributed by atoms with van der Waals surface area (Å²) < 4.78 is 0. The summed E-state index contributed by atoms with van der Waals surface area (Å²) in [6.07, 6.45) is 7.71. The van der Waals surface area contributed by atoms with Crippen molar-refractivity contribution in [3.05, 3.63) is 12.2 Å². The van der Waals surface area contributed by atoms with Crippen LogP contribution in [0.15, 0.2) is 12.2 Å². The second-order valence-electron chi connectivity index (χ2n) is 5.99. The molecule has 1 N–H and O–H groups in total. The highest BCUT2D eigenvalue weighted by Crippen LogP contribution is 2.68. The molecule has 0 aromatic heterocycles. The lowest BCUT2D eigenvalue weighted by atomic mass is 9.60. The van der Waals surface area contributed by atoms with E-state index in [0.29, 0.717) is 5.92 Å². The molecular weight excluding hydrogens is 172 g/mol. The minimum Gasteiger partial charge on any atom is -0.385 e. The van der Waals surface area contributed by atoms with Gasteiger partial charge in [0.05, 0.1) is 5.60 Å². The summed E-state index contributed by atoms with van der Waals surface area (Å²) >= 11 is 0. The lowest BCUT2D eigenvalue weighted by Crippen LogP contribution is -2.52. The van der Waals surface area contributed by atoms with Gasteiger partial charge in [0.15, 0.2) is 0 Å². The van der Waals surface area contributed by atoms with Gasteiger partial charge in [0.2, 0.25) is 0 Å². The molecule has 2 rings (SSSR count). The first kappa shape index (κ1) is 10.2. The van der Waals surface area contributed by atoms with Crippen LogP contribution >= 0.6 is 0 Å². The highest BCUT2D eigenvalue weighted by Gasteiger charge is 2.67. The molecule has 1 heteroatoms. The molecule has 2 aliphatic carbocycles. The van der Waals surface area contributed by atoms with E-state index < -0.39 is 5.60 Å². The molecule has 0 aromatic rings. The van der Waals surface area contributed by atoms with E-state index in [4.69, 9.17) is 0 Å². The van der Waals surface area contributed by atoms with Crippen LogP contribution in [0, 0.1) is 16.7 Å². The minimum absolute atomic E-state index is 0.0481. The standard InChI is InChI=1S/C13H22O/c1-5-7-13(14)11(2,3)10-6-8-12(13,4)9-10/h5,7,10,14H,6,8-9H2,1-4H3/b7-5-/t10-,12+,13-/m0/s1. The van der Waals surface area contributed by atoms with Crippen molar-refractivity contribution in [2.75, 3.05) is 0 Å². The SMILES string of the molecule is C/C=C\[C@]1(O)C(C)(C)[C@H]2CC[C@]1(C)C2. The van der Waals surface area contributed by atoms with E-state index in [1.54, 1.807) is 0 Å². The number of hydrogen-bond donors (Lipinski definition) is 1. The largest absolute Gasteiger partial charge is 0.385 e. The molecule has 2 aliphatic rings. The minimum atomic E-state index is -0.586. The Morgan fingerprint density at radius 2 is 1.93 bits per heavy atom. The summed E-state index contributed by atoms with van der Waals surface area (Å²) in [7, 11) is 0. The van der Waals surface area contributed by atoms with Crippen LogP contribution in [-0.2, 0) is 0 Å². The van der Waals surface area contributed by atoms with Crippen LogP contribution in [0.25, 0.3) is 0 Å². The molecule has 3 atom stereocenters. The lowest BCUT2D eigenvalue weighted by Gasteiger charge is -2.49. The molecule has 2 bridgehead atoms. The zero-order valence-corrected chi connectivity index (χ0v) is 9.80. The Hall–Kier alpha value is -0.300. The first-order valence-electron chi connectivity index (χ1n) is 5.74. The molecule has 0 radical (unpaired) electrons. The van der Waals surface area contributed by atoms with Crippen molar-refractivity contribution in [3.63, 3.8) is 0 Å². The zero-order valence-electron chi connectivity index (χ0n) is 9.80. The highest BCUT2D eigenvalue weighted by atomic mass is 16.3. The van der Waals surface area contributed by atoms with E-state index >= 15 is 0 Å². The molecule has 2 fully saturated rings. The second kappa shape index (κ2) is 2.63. The maximum atomic E-state index is 10.9. The third-order valence-corrected chi connectivity index (χ3v) is 5.07. The van der Waals surface area contributed by atoms with Crippen molar-refractivity contribution in [1.29, 1.82) is 0 Å². The maximum Gasteiger partial charge on any atom is 0.0934 e. The summed E-state index contributed by atoms with van der Waals surface area (Å²) in [4.78, 5) is 0. The molecule has 2 saturated carbocycles. The van der Waals surface area contributed by atoms with Crippen LogP contribution in [0.2, 0.25) is 0 Å². The molecule has 14 heavy (non-hydrogen) atoms. The van der Waals surface area contributed by atoms with E-state index in [1.807, 2.05) is 19.1 Å². The fourth-order valence-corrected chi connectivity index (χ4v) is 3.95. The van der Waals surface area contributed by atoms with E-state index in [-0.39, 0.29) is 10.8 Å². The van der Waals surface area contributed by atoms with Gasteiger partial charge in [-0.25, -0.2) is 0 Å². The molecule has 0 amide bonds. The Labute approximate surface area is 87.2 Å². The summed E-state index contributed by atoms with van der Waals surface area (Å²) in [6, 6.07) is 0. The topological polar surface area (TPSA) is 20.2 Å². The van der Waals surface area contributed by atoms with Crippen LogP contribution in [-0.4, -0.2) is 10.7 Å². The van der Waals surface area contributed by atoms with E-state index in [1.165, 1.54) is 19.3 Å². The van der Waals surface area contributed by atoms with Crippen LogP contribution in [0.1, 0.15) is 47.0 Å². The first-order chi connectivity index (χ1) is 6.37. The van der Waals surface area contributed by atoms with Crippen LogP contribution in [0.4, 0.5) is 0 Å². The fraction of sp³-hybridized carbons (Fsp3) is 0.846. The molecule has 0 saturated heterocycles. The van der Waals surface area contributed by atoms with E-state index in [2.05, 4.69) is 20.8 Å². The van der Waals surface area contributed by atoms with Gasteiger partial charge < -0.3 is 5.11 Å². The first-order valence-corrected chi connectivity index (χ1v) is 5.74. The third-order valence-electron chi connectivity index (χ3n) is 5.07. The van der Waals surface area contributed by atoms with E-state index in [0.717, 1.165) is 0 Å². The van der Waals surface area contributed by atoms with Crippen LogP contribution in [0.3, 0.4) is 0 Å². The van der Waals surface area contributed by atoms with Crippen molar-refractivity contribution < 1.29 is 5.11 Å². The Morgan fingerprint density at radius 1 is 1.29 bits per heavy atom. The van der Waals surface area contributed by atoms with Crippen molar-refractivity contribution in [2.45, 2.75) is 52.6 Å². The molecule has 1 nitrogen and oxygen atoms in total. The van der Waals surface area contributed by atoms with Crippen molar-refractivity contribution >= 4 is 0 Å². The predicted molar refractivity (Wildman–Crippen MR) is 59.0 cm³/mol. The van der Waals surface area contributed by atoms with Gasteiger partial charge in [-0.05, 0) is 32.1 Å². The maximum absolute atomic E-state index is 10.9. The van der Waals surface area contributed by atoms with Gasteiger partial charge in [-0.1, -0.05) is 32.9 Å². The molecule has 0 heterocycles. The van der Waals surface area contributed by atoms with Gasteiger partial charge in [0.25, 0.3) is 0 Å². The number of hydrogen-bond acceptors (Lipinski definition) is 1. The fourth-order valence-electron chi connectivity index (χ4n) is 3.95. The van der Waals surface area contributed by atoms with Crippen LogP contribution < -0.4 is 0 Å². The van der Waals surface area contributed by atoms with Gasteiger partial charge >= 0.3 is 0 Å². The van der Waals surface area contributed by atoms with Gasteiger partial charge in [-0.3, -0.25) is 0 Å². The average molecular weight is 194 g/mol. The number of rotatable bonds is 1. The Balaban J connectivity index is 2.48. The van der Waals surface area contributed by atoms with Gasteiger partial charge in [-0.15, -0.1) is 0 Å². The number of fused-ring (bicyclic) bond motifs is 2. The van der Waals surface area contributed by atoms with E-state index in [9.17, 15) is 5.11 Å². The Kier molecular flexibility index (Phi) is 1.92. The summed E-state index contributed by atoms with van der Waals surface area (Å²) in [5.41, 5.74) is -0.419. The zero-order chi connectivity index (χ0) is 10.6. The van der Waals surface area contributed by atoms with Crippen molar-refractivity contribution in [3.8, 4) is 0 Å². The third kappa shape index (κ3) is 0.894. The average Bonchev–Trinajstić information content (AvgIpc) is 2.53. The monoisotopic (exact) mass is 194 g/mol. The molecule has 0 aromatic carbocycles. The van der Waals surface area contributed by atoms with Gasteiger partial charge in [0, 0.05) is 10.8 Å². The normalized spacial score (nSPS) is 50.5. The van der Waals surface area contributed by atoms with Gasteiger partial charge in [-0.2, -0.15) is 0 Å². The molecule has 0 spiro atoms. The highest BCUT2D eigenvalue weighted by molar-refractivity contribution is 5.25. The second-order valence-corrected chi connectivity index (χ2v) is 5.99. The smallest absolute Gasteiger partial charge is 0.0934 e. The summed E-state index contributed by atoms with van der Waals surface area (Å²) in [5.74, 6) is 0.702. The molecule has 80 valence electrons. The lowest BCUT2D eigenvalue weighted by molar-refractivity contribution is -0.103. The van der Waals surface area contributed by atoms with Crippen molar-refractivity contribution in [1.82, 2.24) is 0 Å². The predicted octanol–water partition coefficient (Wildman–Crippen LogP) is 3.14. The Bertz CT molecular complexity index is 272. The van der Waals surface area contributed by atoms with Crippen LogP contribution in [0.5, 0.6) is 0 Å². The molecule has 0 unspecified atom stereocenters. The number of allylic oxidation sites excluding steroid dienone is 1. The molecular formula is C13H22O. The van der Waals surface area contributed by atoms with Crippen molar-refractivity contribution in [2.24, 2.45) is 16.7 Å². The van der Waals surface area contributed by atoms with Gasteiger partial charge in [0.1, 0.15) is 0 Å². The number of aliphatic hydroxyl groups is 1. The molecule has 0 aliphatic heterocycles. The summed E-state index contributed by atoms with van der Waals surface area (Å²) in [5, 5.41) is 10.9. The summed E-state index contributed by atoms with van der Waals surface area (Å²) in [6.45, 7) is 8.70.